The van der Waals surface area contributed by atoms with Gasteiger partial charge in [-0.05, 0) is 13.0 Å². The van der Waals surface area contributed by atoms with E-state index in [9.17, 15) is 0 Å². The van der Waals surface area contributed by atoms with Gasteiger partial charge in [-0.1, -0.05) is 21.9 Å². The zero-order valence-corrected chi connectivity index (χ0v) is 10.1. The topological polar surface area (TPSA) is 24.8 Å². The molecule has 1 fully saturated rings. The van der Waals surface area contributed by atoms with Crippen LogP contribution in [0.2, 0.25) is 0 Å². The van der Waals surface area contributed by atoms with Crippen molar-refractivity contribution in [1.82, 2.24) is 9.71 Å². The van der Waals surface area contributed by atoms with Crippen LogP contribution >= 0.6 is 0 Å². The van der Waals surface area contributed by atoms with Crippen molar-refractivity contribution < 1.29 is 4.74 Å². The molecule has 17 heavy (non-hydrogen) atoms. The number of fused-ring (bicyclic) bond motifs is 1. The average molecular weight is 231 g/mol. The van der Waals surface area contributed by atoms with Gasteiger partial charge in [0, 0.05) is 6.07 Å². The Morgan fingerprint density at radius 3 is 2.88 bits per heavy atom. The second-order valence-electron chi connectivity index (χ2n) is 4.34. The number of hydrogen-bond acceptors (Lipinski definition) is 3. The third kappa shape index (κ3) is 1.60. The van der Waals surface area contributed by atoms with E-state index in [4.69, 9.17) is 4.74 Å². The van der Waals surface area contributed by atoms with Gasteiger partial charge >= 0.3 is 0 Å². The maximum Gasteiger partial charge on any atom is 0.189 e. The molecule has 1 unspecified atom stereocenters. The van der Waals surface area contributed by atoms with E-state index in [1.165, 1.54) is 5.69 Å². The molecule has 0 aliphatic carbocycles. The predicted molar refractivity (Wildman–Crippen MR) is 67.7 cm³/mol. The Kier molecular flexibility index (Phi) is 2.70. The normalized spacial score (nSPS) is 28.3. The smallest absolute Gasteiger partial charge is 0.189 e. The van der Waals surface area contributed by atoms with Gasteiger partial charge in [-0.25, -0.2) is 0 Å². The third-order valence-corrected chi connectivity index (χ3v) is 3.52. The first-order chi connectivity index (χ1) is 8.37. The van der Waals surface area contributed by atoms with Crippen molar-refractivity contribution in [2.24, 2.45) is 5.10 Å². The largest absolute Gasteiger partial charge is 0.378 e. The van der Waals surface area contributed by atoms with Crippen LogP contribution in [0.25, 0.3) is 0 Å². The lowest BCUT2D eigenvalue weighted by Gasteiger charge is -2.39. The maximum absolute atomic E-state index is 5.42. The van der Waals surface area contributed by atoms with E-state index in [0.717, 1.165) is 38.4 Å². The van der Waals surface area contributed by atoms with Crippen LogP contribution in [0.1, 0.15) is 12.5 Å². The van der Waals surface area contributed by atoms with Gasteiger partial charge in [-0.15, -0.1) is 5.01 Å². The summed E-state index contributed by atoms with van der Waals surface area (Å²) in [6.07, 6.45) is 3.15. The van der Waals surface area contributed by atoms with Crippen molar-refractivity contribution in [3.8, 4) is 0 Å². The van der Waals surface area contributed by atoms with Gasteiger partial charge in [0.15, 0.2) is 11.9 Å². The van der Waals surface area contributed by atoms with E-state index in [1.54, 1.807) is 0 Å². The Morgan fingerprint density at radius 1 is 1.35 bits per heavy atom. The zero-order chi connectivity index (χ0) is 11.7. The van der Waals surface area contributed by atoms with Crippen LogP contribution in [0.4, 0.5) is 5.69 Å². The summed E-state index contributed by atoms with van der Waals surface area (Å²) >= 11 is 0. The minimum Gasteiger partial charge on any atom is -0.378 e. The molecule has 0 bridgehead atoms. The lowest BCUT2D eigenvalue weighted by atomic mass is 10.2. The molecule has 1 aromatic rings. The van der Waals surface area contributed by atoms with Gasteiger partial charge in [-0.3, -0.25) is 0 Å². The molecule has 4 nitrogen and oxygen atoms in total. The summed E-state index contributed by atoms with van der Waals surface area (Å²) in [4.78, 5) is 0. The summed E-state index contributed by atoms with van der Waals surface area (Å²) in [5.74, 6) is 0. The molecular formula is C13H17N3O+. The van der Waals surface area contributed by atoms with Crippen LogP contribution < -0.4 is 4.70 Å². The van der Waals surface area contributed by atoms with Gasteiger partial charge in [0.1, 0.15) is 6.54 Å². The fourth-order valence-electron chi connectivity index (χ4n) is 2.61. The number of benzene rings is 1. The molecule has 1 aromatic carbocycles. The van der Waals surface area contributed by atoms with Gasteiger partial charge in [0.2, 0.25) is 0 Å². The van der Waals surface area contributed by atoms with E-state index in [2.05, 4.69) is 41.4 Å². The SMILES string of the molecule is CC[N+]1(N2CCOCC2)N=[C]c2ccccc21. The Balaban J connectivity index is 2.01. The Bertz CT molecular complexity index is 440. The maximum atomic E-state index is 5.42. The van der Waals surface area contributed by atoms with Gasteiger partial charge in [-0.2, -0.15) is 0 Å². The lowest BCUT2D eigenvalue weighted by molar-refractivity contribution is -0.0786. The second-order valence-corrected chi connectivity index (χ2v) is 4.34. The van der Waals surface area contributed by atoms with E-state index < -0.39 is 0 Å². The van der Waals surface area contributed by atoms with Crippen molar-refractivity contribution in [2.75, 3.05) is 32.8 Å². The number of quaternary nitrogens is 1. The number of rotatable bonds is 2. The Labute approximate surface area is 102 Å². The molecular weight excluding hydrogens is 214 g/mol. The molecule has 1 radical (unpaired) electrons. The first-order valence-corrected chi connectivity index (χ1v) is 6.16. The van der Waals surface area contributed by atoms with E-state index in [1.807, 2.05) is 6.07 Å². The summed E-state index contributed by atoms with van der Waals surface area (Å²) in [6.45, 7) is 6.52. The lowest BCUT2D eigenvalue weighted by Crippen LogP contribution is -2.60. The van der Waals surface area contributed by atoms with Crippen LogP contribution in [-0.4, -0.2) is 44.1 Å². The average Bonchev–Trinajstić information content (AvgIpc) is 2.80. The van der Waals surface area contributed by atoms with Crippen LogP contribution in [0.5, 0.6) is 0 Å². The van der Waals surface area contributed by atoms with Crippen molar-refractivity contribution in [3.63, 3.8) is 0 Å². The minimum atomic E-state index is 0.555. The number of ether oxygens (including phenoxy) is 1. The number of hydrogen-bond donors (Lipinski definition) is 0. The number of nitrogens with zero attached hydrogens (tertiary/aromatic N) is 3. The molecule has 0 amide bonds. The Morgan fingerprint density at radius 2 is 2.12 bits per heavy atom. The highest BCUT2D eigenvalue weighted by Crippen LogP contribution is 2.34. The van der Waals surface area contributed by atoms with E-state index >= 15 is 0 Å². The first kappa shape index (κ1) is 10.9. The quantitative estimate of drug-likeness (QED) is 0.720. The molecule has 2 heterocycles. The molecule has 0 N–H and O–H groups in total. The van der Waals surface area contributed by atoms with Gasteiger partial charge in [0.25, 0.3) is 0 Å². The van der Waals surface area contributed by atoms with Crippen molar-refractivity contribution in [2.45, 2.75) is 6.92 Å². The highest BCUT2D eigenvalue weighted by atomic mass is 16.5. The van der Waals surface area contributed by atoms with Crippen LogP contribution in [0.15, 0.2) is 29.4 Å². The summed E-state index contributed by atoms with van der Waals surface area (Å²) < 4.78 is 5.98. The van der Waals surface area contributed by atoms with E-state index in [0.29, 0.717) is 4.70 Å². The fraction of sp³-hybridized carbons (Fsp3) is 0.462. The first-order valence-electron chi connectivity index (χ1n) is 6.16. The van der Waals surface area contributed by atoms with Crippen molar-refractivity contribution in [3.05, 3.63) is 29.8 Å². The third-order valence-electron chi connectivity index (χ3n) is 3.52. The predicted octanol–water partition coefficient (Wildman–Crippen LogP) is 1.49. The molecule has 4 heteroatoms. The second kappa shape index (κ2) is 4.22. The Hall–Kier alpha value is -1.23. The molecule has 2 aliphatic heterocycles. The minimum absolute atomic E-state index is 0.555. The molecule has 0 aromatic heterocycles. The van der Waals surface area contributed by atoms with Gasteiger partial charge in [0.05, 0.1) is 31.9 Å². The summed E-state index contributed by atoms with van der Waals surface area (Å²) in [6, 6.07) is 8.34. The fourth-order valence-corrected chi connectivity index (χ4v) is 2.61. The number of morpholine rings is 1. The molecule has 1 saturated heterocycles. The summed E-state index contributed by atoms with van der Waals surface area (Å²) in [7, 11) is 0. The zero-order valence-electron chi connectivity index (χ0n) is 10.1. The van der Waals surface area contributed by atoms with Crippen LogP contribution in [-0.2, 0) is 4.74 Å². The molecule has 1 atom stereocenters. The number of para-hydroxylation sites is 1. The van der Waals surface area contributed by atoms with Crippen LogP contribution in [0, 0.1) is 0 Å². The molecule has 0 spiro atoms. The van der Waals surface area contributed by atoms with Crippen molar-refractivity contribution in [1.29, 1.82) is 0 Å². The molecule has 2 aliphatic rings. The molecule has 3 rings (SSSR count). The summed E-state index contributed by atoms with van der Waals surface area (Å²) in [5, 5.41) is 7.00. The molecule has 0 saturated carbocycles. The van der Waals surface area contributed by atoms with Gasteiger partial charge < -0.3 is 4.74 Å². The molecule has 89 valence electrons. The highest BCUT2D eigenvalue weighted by Gasteiger charge is 2.43. The summed E-state index contributed by atoms with van der Waals surface area (Å²) in [5.41, 5.74) is 2.35. The van der Waals surface area contributed by atoms with E-state index in [-0.39, 0.29) is 0 Å². The van der Waals surface area contributed by atoms with Crippen molar-refractivity contribution >= 4 is 11.9 Å². The standard InChI is InChI=1S/C13H17N3O/c1-2-16(15-7-9-17-10-8-15)13-6-4-3-5-12(13)11-14-16/h3-6H,2,7-10H2,1H3/q+1. The monoisotopic (exact) mass is 231 g/mol. The van der Waals surface area contributed by atoms with Crippen LogP contribution in [0.3, 0.4) is 0 Å². The highest BCUT2D eigenvalue weighted by molar-refractivity contribution is 5.90.